The molecule has 2 N–H and O–H groups in total. The van der Waals surface area contributed by atoms with Crippen molar-refractivity contribution in [2.75, 3.05) is 5.73 Å². The molecule has 0 aliphatic heterocycles. The molecule has 0 bridgehead atoms. The first-order valence-electron chi connectivity index (χ1n) is 5.88. The highest BCUT2D eigenvalue weighted by molar-refractivity contribution is 5.79. The highest BCUT2D eigenvalue weighted by atomic mass is 19.4. The Kier molecular flexibility index (Phi) is 2.86. The van der Waals surface area contributed by atoms with Crippen molar-refractivity contribution in [1.82, 2.24) is 4.98 Å². The number of oxazole rings is 1. The summed E-state index contributed by atoms with van der Waals surface area (Å²) in [6.07, 6.45) is -4.50. The zero-order valence-electron chi connectivity index (χ0n) is 10.4. The molecule has 0 saturated carbocycles. The fourth-order valence-electron chi connectivity index (χ4n) is 1.93. The molecular weight excluding hydrogens is 288 g/mol. The predicted octanol–water partition coefficient (Wildman–Crippen LogP) is 4.23. The number of nitrogens with zero attached hydrogens (tertiary/aromatic N) is 1. The van der Waals surface area contributed by atoms with Gasteiger partial charge in [0.05, 0.1) is 11.1 Å². The molecular formula is C14H8F4N2O. The van der Waals surface area contributed by atoms with Crippen LogP contribution >= 0.6 is 0 Å². The van der Waals surface area contributed by atoms with Gasteiger partial charge >= 0.3 is 6.18 Å². The van der Waals surface area contributed by atoms with Gasteiger partial charge in [-0.05, 0) is 30.3 Å². The van der Waals surface area contributed by atoms with Gasteiger partial charge in [0.25, 0.3) is 0 Å². The Morgan fingerprint density at radius 3 is 2.52 bits per heavy atom. The molecule has 0 fully saturated rings. The summed E-state index contributed by atoms with van der Waals surface area (Å²) in [4.78, 5) is 4.03. The molecule has 3 nitrogen and oxygen atoms in total. The molecule has 0 aliphatic carbocycles. The number of nitrogen functional groups attached to an aromatic ring is 1. The first-order valence-corrected chi connectivity index (χ1v) is 5.88. The average molecular weight is 296 g/mol. The van der Waals surface area contributed by atoms with Gasteiger partial charge in [-0.1, -0.05) is 0 Å². The number of aromatic nitrogens is 1. The van der Waals surface area contributed by atoms with Crippen LogP contribution in [0.1, 0.15) is 5.56 Å². The van der Waals surface area contributed by atoms with Crippen LogP contribution in [0.25, 0.3) is 22.6 Å². The molecule has 0 unspecified atom stereocenters. The number of fused-ring (bicyclic) bond motifs is 1. The zero-order valence-corrected chi connectivity index (χ0v) is 10.4. The maximum Gasteiger partial charge on any atom is 0.416 e. The van der Waals surface area contributed by atoms with E-state index in [-0.39, 0.29) is 22.7 Å². The maximum absolute atomic E-state index is 13.1. The molecule has 0 aliphatic rings. The molecule has 7 heteroatoms. The van der Waals surface area contributed by atoms with Crippen LogP contribution in [0.5, 0.6) is 0 Å². The summed E-state index contributed by atoms with van der Waals surface area (Å²) >= 11 is 0. The number of alkyl halides is 3. The van der Waals surface area contributed by atoms with Crippen molar-refractivity contribution >= 4 is 16.8 Å². The van der Waals surface area contributed by atoms with Gasteiger partial charge < -0.3 is 10.2 Å². The van der Waals surface area contributed by atoms with Crippen molar-refractivity contribution in [3.05, 3.63) is 47.8 Å². The summed E-state index contributed by atoms with van der Waals surface area (Å²) in [6.45, 7) is 0. The maximum atomic E-state index is 13.1. The molecule has 1 heterocycles. The van der Waals surface area contributed by atoms with Gasteiger partial charge in [-0.15, -0.1) is 0 Å². The van der Waals surface area contributed by atoms with Gasteiger partial charge in [-0.25, -0.2) is 9.37 Å². The first-order chi connectivity index (χ1) is 9.84. The van der Waals surface area contributed by atoms with Gasteiger partial charge in [0.1, 0.15) is 11.3 Å². The Labute approximate surface area is 116 Å². The monoisotopic (exact) mass is 296 g/mol. The van der Waals surface area contributed by atoms with Crippen molar-refractivity contribution in [1.29, 1.82) is 0 Å². The number of anilines is 1. The molecule has 0 radical (unpaired) electrons. The van der Waals surface area contributed by atoms with E-state index in [1.165, 1.54) is 12.1 Å². The first kappa shape index (κ1) is 13.4. The van der Waals surface area contributed by atoms with Crippen LogP contribution in [-0.4, -0.2) is 4.98 Å². The predicted molar refractivity (Wildman–Crippen MR) is 68.8 cm³/mol. The zero-order chi connectivity index (χ0) is 15.2. The second-order valence-corrected chi connectivity index (χ2v) is 4.43. The minimum atomic E-state index is -4.50. The number of hydrogen-bond acceptors (Lipinski definition) is 3. The lowest BCUT2D eigenvalue weighted by Gasteiger charge is -2.09. The summed E-state index contributed by atoms with van der Waals surface area (Å²) in [7, 11) is 0. The van der Waals surface area contributed by atoms with E-state index in [9.17, 15) is 17.6 Å². The van der Waals surface area contributed by atoms with E-state index in [1.54, 1.807) is 0 Å². The third kappa shape index (κ3) is 2.42. The van der Waals surface area contributed by atoms with Crippen LogP contribution in [0, 0.1) is 5.82 Å². The highest BCUT2D eigenvalue weighted by Crippen LogP contribution is 2.35. The molecule has 108 valence electrons. The molecule has 1 aromatic heterocycles. The number of benzene rings is 2. The normalized spacial score (nSPS) is 12.0. The third-order valence-electron chi connectivity index (χ3n) is 2.96. The second kappa shape index (κ2) is 4.47. The summed E-state index contributed by atoms with van der Waals surface area (Å²) in [5.74, 6) is -0.610. The lowest BCUT2D eigenvalue weighted by Crippen LogP contribution is -2.05. The van der Waals surface area contributed by atoms with Crippen LogP contribution < -0.4 is 5.73 Å². The Hall–Kier alpha value is -2.57. The van der Waals surface area contributed by atoms with E-state index < -0.39 is 17.6 Å². The van der Waals surface area contributed by atoms with Crippen LogP contribution in [0.3, 0.4) is 0 Å². The van der Waals surface area contributed by atoms with E-state index in [0.717, 1.165) is 24.3 Å². The third-order valence-corrected chi connectivity index (χ3v) is 2.96. The topological polar surface area (TPSA) is 52.0 Å². The van der Waals surface area contributed by atoms with E-state index in [4.69, 9.17) is 10.2 Å². The molecule has 0 atom stereocenters. The number of rotatable bonds is 1. The van der Waals surface area contributed by atoms with E-state index in [2.05, 4.69) is 4.98 Å². The fraction of sp³-hybridized carbons (Fsp3) is 0.0714. The molecule has 2 aromatic carbocycles. The van der Waals surface area contributed by atoms with Crippen LogP contribution in [0.15, 0.2) is 40.8 Å². The van der Waals surface area contributed by atoms with Gasteiger partial charge in [0.2, 0.25) is 5.89 Å². The summed E-state index contributed by atoms with van der Waals surface area (Å²) in [5, 5.41) is 0. The Morgan fingerprint density at radius 2 is 1.81 bits per heavy atom. The lowest BCUT2D eigenvalue weighted by atomic mass is 10.1. The standard InChI is InChI=1S/C14H8F4N2O/c15-8-2-4-11-12(6-8)21-13(20-11)9-5-7(14(16,17)18)1-3-10(9)19/h1-6H,19H2. The Balaban J connectivity index is 2.17. The summed E-state index contributed by atoms with van der Waals surface area (Å²) in [6, 6.07) is 6.53. The van der Waals surface area contributed by atoms with Gasteiger partial charge in [0, 0.05) is 11.8 Å². The Bertz CT molecular complexity index is 823. The van der Waals surface area contributed by atoms with E-state index in [1.807, 2.05) is 0 Å². The van der Waals surface area contributed by atoms with Crippen LogP contribution in [-0.2, 0) is 6.18 Å². The fourth-order valence-corrected chi connectivity index (χ4v) is 1.93. The van der Waals surface area contributed by atoms with Gasteiger partial charge in [-0.2, -0.15) is 13.2 Å². The van der Waals surface area contributed by atoms with Crippen molar-refractivity contribution in [2.45, 2.75) is 6.18 Å². The van der Waals surface area contributed by atoms with E-state index in [0.29, 0.717) is 5.52 Å². The minimum absolute atomic E-state index is 0.0152. The van der Waals surface area contributed by atoms with Crippen molar-refractivity contribution in [3.8, 4) is 11.5 Å². The smallest absolute Gasteiger partial charge is 0.416 e. The Morgan fingerprint density at radius 1 is 1.05 bits per heavy atom. The minimum Gasteiger partial charge on any atom is -0.436 e. The summed E-state index contributed by atoms with van der Waals surface area (Å²) < 4.78 is 56.6. The van der Waals surface area contributed by atoms with Gasteiger partial charge in [-0.3, -0.25) is 0 Å². The van der Waals surface area contributed by atoms with E-state index >= 15 is 0 Å². The second-order valence-electron chi connectivity index (χ2n) is 4.43. The molecule has 21 heavy (non-hydrogen) atoms. The SMILES string of the molecule is Nc1ccc(C(F)(F)F)cc1-c1nc2ccc(F)cc2o1. The molecule has 0 saturated heterocycles. The van der Waals surface area contributed by atoms with Crippen molar-refractivity contribution < 1.29 is 22.0 Å². The lowest BCUT2D eigenvalue weighted by molar-refractivity contribution is -0.137. The largest absolute Gasteiger partial charge is 0.436 e. The molecule has 0 spiro atoms. The number of halogens is 4. The number of hydrogen-bond donors (Lipinski definition) is 1. The quantitative estimate of drug-likeness (QED) is 0.540. The molecule has 3 aromatic rings. The molecule has 0 amide bonds. The summed E-state index contributed by atoms with van der Waals surface area (Å²) in [5.41, 5.74) is 5.40. The number of nitrogens with two attached hydrogens (primary N) is 1. The van der Waals surface area contributed by atoms with Crippen molar-refractivity contribution in [2.24, 2.45) is 0 Å². The van der Waals surface area contributed by atoms with Crippen LogP contribution in [0.2, 0.25) is 0 Å². The highest BCUT2D eigenvalue weighted by Gasteiger charge is 2.31. The van der Waals surface area contributed by atoms with Crippen molar-refractivity contribution in [3.63, 3.8) is 0 Å². The molecule has 3 rings (SSSR count). The van der Waals surface area contributed by atoms with Gasteiger partial charge in [0.15, 0.2) is 5.58 Å². The average Bonchev–Trinajstić information content (AvgIpc) is 2.80. The van der Waals surface area contributed by atoms with Crippen LogP contribution in [0.4, 0.5) is 23.2 Å².